The van der Waals surface area contributed by atoms with Crippen molar-refractivity contribution in [1.29, 1.82) is 0 Å². The summed E-state index contributed by atoms with van der Waals surface area (Å²) in [7, 11) is -1.95. The fourth-order valence-corrected chi connectivity index (χ4v) is 12.8. The molecule has 0 amide bonds. The van der Waals surface area contributed by atoms with Crippen LogP contribution in [0.2, 0.25) is 15.6 Å². The zero-order chi connectivity index (χ0) is 16.7. The summed E-state index contributed by atoms with van der Waals surface area (Å²) in [6.07, 6.45) is 5.43. The van der Waals surface area contributed by atoms with Crippen LogP contribution in [-0.4, -0.2) is 13.9 Å². The molecule has 1 heterocycles. The van der Waals surface area contributed by atoms with Gasteiger partial charge in [0.15, 0.2) is 0 Å². The molecule has 1 fully saturated rings. The van der Waals surface area contributed by atoms with Crippen LogP contribution in [0, 0.1) is 5.92 Å². The molecule has 1 aliphatic rings. The fraction of sp³-hybridized carbons (Fsp3) is 0.895. The molecule has 0 aromatic heterocycles. The standard InChI is InChI=1S/C19H38OSi/c1-11-12-13-19(10)14-16(15(2)3)21(20-19,17(4,5)6)18(7,8)9/h11,15-16H,1,12-14H2,2-10H3/t16-,19+/m0/s1. The topological polar surface area (TPSA) is 9.23 Å². The van der Waals surface area contributed by atoms with Gasteiger partial charge in [-0.25, -0.2) is 0 Å². The lowest BCUT2D eigenvalue weighted by molar-refractivity contribution is 0.0818. The Bertz CT molecular complexity index is 358. The summed E-state index contributed by atoms with van der Waals surface area (Å²) in [5.41, 5.74) is 0.767. The first-order chi connectivity index (χ1) is 9.31. The second kappa shape index (κ2) is 5.85. The molecule has 0 N–H and O–H groups in total. The van der Waals surface area contributed by atoms with Crippen molar-refractivity contribution in [2.45, 2.75) is 103 Å². The minimum Gasteiger partial charge on any atom is -0.410 e. The molecule has 0 saturated carbocycles. The van der Waals surface area contributed by atoms with E-state index in [2.05, 4.69) is 68.9 Å². The average Bonchev–Trinajstić information content (AvgIpc) is 2.61. The van der Waals surface area contributed by atoms with E-state index in [1.807, 2.05) is 6.08 Å². The summed E-state index contributed by atoms with van der Waals surface area (Å²) in [5.74, 6) is 0.695. The van der Waals surface area contributed by atoms with Gasteiger partial charge < -0.3 is 4.43 Å². The van der Waals surface area contributed by atoms with Crippen molar-refractivity contribution in [2.24, 2.45) is 5.92 Å². The van der Waals surface area contributed by atoms with Crippen molar-refractivity contribution in [3.05, 3.63) is 12.7 Å². The first kappa shape index (κ1) is 19.0. The maximum absolute atomic E-state index is 7.13. The smallest absolute Gasteiger partial charge is 0.207 e. The van der Waals surface area contributed by atoms with Crippen LogP contribution in [0.25, 0.3) is 0 Å². The maximum Gasteiger partial charge on any atom is 0.207 e. The van der Waals surface area contributed by atoms with Crippen LogP contribution in [-0.2, 0) is 4.43 Å². The zero-order valence-electron chi connectivity index (χ0n) is 16.0. The van der Waals surface area contributed by atoms with Gasteiger partial charge in [-0.3, -0.25) is 0 Å². The minimum absolute atomic E-state index is 0.0376. The van der Waals surface area contributed by atoms with Crippen molar-refractivity contribution in [2.75, 3.05) is 0 Å². The van der Waals surface area contributed by atoms with Crippen LogP contribution >= 0.6 is 0 Å². The molecule has 0 radical (unpaired) electrons. The van der Waals surface area contributed by atoms with Crippen LogP contribution in [0.4, 0.5) is 0 Å². The Balaban J connectivity index is 3.36. The molecule has 1 saturated heterocycles. The van der Waals surface area contributed by atoms with Gasteiger partial charge in [-0.05, 0) is 47.7 Å². The summed E-state index contributed by atoms with van der Waals surface area (Å²) >= 11 is 0. The Morgan fingerprint density at radius 1 is 1.19 bits per heavy atom. The van der Waals surface area contributed by atoms with E-state index in [9.17, 15) is 0 Å². The second-order valence-electron chi connectivity index (χ2n) is 9.67. The molecule has 1 nitrogen and oxygen atoms in total. The van der Waals surface area contributed by atoms with E-state index in [1.54, 1.807) is 0 Å². The highest BCUT2D eigenvalue weighted by molar-refractivity contribution is 6.81. The van der Waals surface area contributed by atoms with Crippen molar-refractivity contribution in [3.8, 4) is 0 Å². The molecular weight excluding hydrogens is 272 g/mol. The first-order valence-corrected chi connectivity index (χ1v) is 10.6. The Kier molecular flexibility index (Phi) is 5.28. The van der Waals surface area contributed by atoms with Crippen molar-refractivity contribution in [3.63, 3.8) is 0 Å². The summed E-state index contributed by atoms with van der Waals surface area (Å²) in [6.45, 7) is 25.5. The van der Waals surface area contributed by atoms with Gasteiger partial charge >= 0.3 is 0 Å². The van der Waals surface area contributed by atoms with Crippen LogP contribution in [0.1, 0.15) is 81.6 Å². The van der Waals surface area contributed by atoms with Gasteiger partial charge in [-0.2, -0.15) is 0 Å². The monoisotopic (exact) mass is 310 g/mol. The Morgan fingerprint density at radius 3 is 1.95 bits per heavy atom. The molecule has 2 heteroatoms. The zero-order valence-corrected chi connectivity index (χ0v) is 17.0. The van der Waals surface area contributed by atoms with Gasteiger partial charge in [0.05, 0.1) is 5.60 Å². The molecule has 2 atom stereocenters. The Morgan fingerprint density at radius 2 is 1.67 bits per heavy atom. The number of allylic oxidation sites excluding steroid dienone is 1. The van der Waals surface area contributed by atoms with Crippen LogP contribution < -0.4 is 0 Å². The van der Waals surface area contributed by atoms with Gasteiger partial charge in [-0.1, -0.05) is 61.5 Å². The lowest BCUT2D eigenvalue weighted by Crippen LogP contribution is -2.57. The molecule has 1 aliphatic heterocycles. The molecule has 0 aromatic carbocycles. The lowest BCUT2D eigenvalue weighted by Gasteiger charge is -2.53. The Labute approximate surface area is 134 Å². The molecule has 21 heavy (non-hydrogen) atoms. The quantitative estimate of drug-likeness (QED) is 0.414. The third-order valence-corrected chi connectivity index (χ3v) is 12.7. The second-order valence-corrected chi connectivity index (χ2v) is 15.1. The molecule has 0 unspecified atom stereocenters. The van der Waals surface area contributed by atoms with Crippen LogP contribution in [0.3, 0.4) is 0 Å². The predicted octanol–water partition coefficient (Wildman–Crippen LogP) is 6.70. The van der Waals surface area contributed by atoms with Crippen LogP contribution in [0.15, 0.2) is 12.7 Å². The molecule has 0 aliphatic carbocycles. The van der Waals surface area contributed by atoms with Gasteiger partial charge in [-0.15, -0.1) is 6.58 Å². The molecule has 0 spiro atoms. The lowest BCUT2D eigenvalue weighted by atomic mass is 9.91. The third kappa shape index (κ3) is 3.31. The van der Waals surface area contributed by atoms with E-state index in [4.69, 9.17) is 4.43 Å². The van der Waals surface area contributed by atoms with E-state index in [0.29, 0.717) is 5.92 Å². The van der Waals surface area contributed by atoms with Gasteiger partial charge in [0, 0.05) is 0 Å². The van der Waals surface area contributed by atoms with E-state index in [1.165, 1.54) is 6.42 Å². The van der Waals surface area contributed by atoms with Crippen molar-refractivity contribution < 1.29 is 4.43 Å². The number of hydrogen-bond donors (Lipinski definition) is 0. The van der Waals surface area contributed by atoms with Crippen molar-refractivity contribution in [1.82, 2.24) is 0 Å². The predicted molar refractivity (Wildman–Crippen MR) is 97.3 cm³/mol. The highest BCUT2D eigenvalue weighted by Gasteiger charge is 2.66. The minimum atomic E-state index is -1.95. The molecule has 0 aromatic rings. The molecule has 1 rings (SSSR count). The van der Waals surface area contributed by atoms with Gasteiger partial charge in [0.1, 0.15) is 0 Å². The summed E-state index contributed by atoms with van der Waals surface area (Å²) < 4.78 is 7.13. The van der Waals surface area contributed by atoms with Gasteiger partial charge in [0.25, 0.3) is 0 Å². The molecule has 124 valence electrons. The van der Waals surface area contributed by atoms with Crippen LogP contribution in [0.5, 0.6) is 0 Å². The molecular formula is C19H38OSi. The SMILES string of the molecule is C=CCC[C@]1(C)C[C@@H](C(C)C)[Si](C(C)(C)C)(C(C)(C)C)O1. The summed E-state index contributed by atoms with van der Waals surface area (Å²) in [6, 6.07) is 0. The highest BCUT2D eigenvalue weighted by atomic mass is 28.4. The molecule has 0 bridgehead atoms. The van der Waals surface area contributed by atoms with E-state index >= 15 is 0 Å². The summed E-state index contributed by atoms with van der Waals surface area (Å²) in [5, 5.41) is 0.512. The third-order valence-electron chi connectivity index (χ3n) is 5.49. The van der Waals surface area contributed by atoms with Crippen molar-refractivity contribution >= 4 is 8.32 Å². The normalized spacial score (nSPS) is 29.9. The van der Waals surface area contributed by atoms with Gasteiger partial charge in [0.2, 0.25) is 8.32 Å². The van der Waals surface area contributed by atoms with E-state index in [-0.39, 0.29) is 15.7 Å². The van der Waals surface area contributed by atoms with E-state index < -0.39 is 8.32 Å². The number of hydrogen-bond acceptors (Lipinski definition) is 1. The first-order valence-electron chi connectivity index (χ1n) is 8.62. The fourth-order valence-electron chi connectivity index (χ4n) is 4.92. The summed E-state index contributed by atoms with van der Waals surface area (Å²) in [4.78, 5) is 0. The Hall–Kier alpha value is -0.0831. The van der Waals surface area contributed by atoms with E-state index in [0.717, 1.165) is 18.4 Å². The average molecular weight is 311 g/mol. The highest BCUT2D eigenvalue weighted by Crippen LogP contribution is 2.66. The largest absolute Gasteiger partial charge is 0.410 e. The maximum atomic E-state index is 7.13. The number of rotatable bonds is 4.